The highest BCUT2D eigenvalue weighted by Crippen LogP contribution is 2.25. The average molecular weight is 309 g/mol. The number of anilines is 1. The summed E-state index contributed by atoms with van der Waals surface area (Å²) in [5.41, 5.74) is 3.16. The standard InChI is InChI=1S/C16H23NO3S/c1-3-13-6-5-7-14(4-2)16(13)17-15(18)10-12-8-9-21(19,20)11-12/h5-7,12H,3-4,8-11H2,1-2H3,(H,17,18). The lowest BCUT2D eigenvalue weighted by atomic mass is 10.0. The maximum absolute atomic E-state index is 12.2. The zero-order valence-electron chi connectivity index (χ0n) is 12.7. The molecule has 1 fully saturated rings. The predicted molar refractivity (Wildman–Crippen MR) is 85.2 cm³/mol. The molecule has 0 bridgehead atoms. The topological polar surface area (TPSA) is 63.2 Å². The van der Waals surface area contributed by atoms with Gasteiger partial charge in [-0.15, -0.1) is 0 Å². The maximum atomic E-state index is 12.2. The Morgan fingerprint density at radius 1 is 1.24 bits per heavy atom. The number of hydrogen-bond acceptors (Lipinski definition) is 3. The van der Waals surface area contributed by atoms with E-state index in [0.717, 1.165) is 29.7 Å². The molecule has 1 saturated heterocycles. The van der Waals surface area contributed by atoms with E-state index in [0.29, 0.717) is 12.8 Å². The number of carbonyl (C=O) groups excluding carboxylic acids is 1. The summed E-state index contributed by atoms with van der Waals surface area (Å²) in [6.07, 6.45) is 2.62. The Labute approximate surface area is 126 Å². The van der Waals surface area contributed by atoms with Crippen LogP contribution in [0.3, 0.4) is 0 Å². The lowest BCUT2D eigenvalue weighted by Crippen LogP contribution is -2.19. The molecule has 0 aromatic heterocycles. The lowest BCUT2D eigenvalue weighted by Gasteiger charge is -2.15. The first-order chi connectivity index (χ1) is 9.95. The molecular weight excluding hydrogens is 286 g/mol. The van der Waals surface area contributed by atoms with Crippen LogP contribution in [0.1, 0.15) is 37.8 Å². The first kappa shape index (κ1) is 16.0. The summed E-state index contributed by atoms with van der Waals surface area (Å²) < 4.78 is 22.9. The van der Waals surface area contributed by atoms with Crippen LogP contribution in [0.15, 0.2) is 18.2 Å². The fourth-order valence-corrected chi connectivity index (χ4v) is 4.75. The Hall–Kier alpha value is -1.36. The van der Waals surface area contributed by atoms with Crippen molar-refractivity contribution in [2.75, 3.05) is 16.8 Å². The molecule has 1 unspecified atom stereocenters. The summed E-state index contributed by atoms with van der Waals surface area (Å²) >= 11 is 0. The molecule has 1 aliphatic heterocycles. The van der Waals surface area contributed by atoms with Crippen molar-refractivity contribution in [3.05, 3.63) is 29.3 Å². The Bertz CT molecular complexity index is 600. The second kappa shape index (κ2) is 6.60. The molecule has 1 atom stereocenters. The Morgan fingerprint density at radius 2 is 1.86 bits per heavy atom. The fraction of sp³-hybridized carbons (Fsp3) is 0.562. The Kier molecular flexibility index (Phi) is 5.04. The van der Waals surface area contributed by atoms with Gasteiger partial charge in [-0.2, -0.15) is 0 Å². The number of aryl methyl sites for hydroxylation is 2. The quantitative estimate of drug-likeness (QED) is 0.909. The molecule has 1 amide bonds. The number of benzene rings is 1. The van der Waals surface area contributed by atoms with Gasteiger partial charge in [0, 0.05) is 12.1 Å². The van der Waals surface area contributed by atoms with E-state index in [1.165, 1.54) is 0 Å². The molecular formula is C16H23NO3S. The largest absolute Gasteiger partial charge is 0.326 e. The van der Waals surface area contributed by atoms with Gasteiger partial charge < -0.3 is 5.32 Å². The third-order valence-corrected chi connectivity index (χ3v) is 5.90. The van der Waals surface area contributed by atoms with Gasteiger partial charge in [0.15, 0.2) is 9.84 Å². The van der Waals surface area contributed by atoms with Crippen molar-refractivity contribution < 1.29 is 13.2 Å². The van der Waals surface area contributed by atoms with E-state index in [9.17, 15) is 13.2 Å². The summed E-state index contributed by atoms with van der Waals surface area (Å²) in [6, 6.07) is 6.06. The molecule has 0 saturated carbocycles. The number of hydrogen-bond donors (Lipinski definition) is 1. The van der Waals surface area contributed by atoms with Gasteiger partial charge in [0.05, 0.1) is 11.5 Å². The monoisotopic (exact) mass is 309 g/mol. The molecule has 1 aromatic rings. The van der Waals surface area contributed by atoms with Gasteiger partial charge in [-0.1, -0.05) is 32.0 Å². The van der Waals surface area contributed by atoms with Crippen LogP contribution >= 0.6 is 0 Å². The molecule has 0 radical (unpaired) electrons. The zero-order valence-corrected chi connectivity index (χ0v) is 13.5. The summed E-state index contributed by atoms with van der Waals surface area (Å²) in [5.74, 6) is 0.259. The van der Waals surface area contributed by atoms with Crippen LogP contribution in [0.5, 0.6) is 0 Å². The van der Waals surface area contributed by atoms with Crippen molar-refractivity contribution in [3.63, 3.8) is 0 Å². The van der Waals surface area contributed by atoms with Gasteiger partial charge >= 0.3 is 0 Å². The van der Waals surface area contributed by atoms with Crippen molar-refractivity contribution >= 4 is 21.4 Å². The molecule has 2 rings (SSSR count). The van der Waals surface area contributed by atoms with Crippen molar-refractivity contribution in [3.8, 4) is 0 Å². The first-order valence-corrected chi connectivity index (χ1v) is 9.38. The van der Waals surface area contributed by atoms with Gasteiger partial charge in [-0.3, -0.25) is 4.79 Å². The van der Waals surface area contributed by atoms with Crippen LogP contribution in [0, 0.1) is 5.92 Å². The minimum absolute atomic E-state index is 0.0335. The summed E-state index contributed by atoms with van der Waals surface area (Å²) in [7, 11) is -2.92. The van der Waals surface area contributed by atoms with Crippen LogP contribution in [0.4, 0.5) is 5.69 Å². The lowest BCUT2D eigenvalue weighted by molar-refractivity contribution is -0.116. The van der Waals surface area contributed by atoms with Gasteiger partial charge in [0.1, 0.15) is 0 Å². The molecule has 1 N–H and O–H groups in total. The smallest absolute Gasteiger partial charge is 0.224 e. The van der Waals surface area contributed by atoms with Crippen LogP contribution in [0.2, 0.25) is 0 Å². The molecule has 4 nitrogen and oxygen atoms in total. The van der Waals surface area contributed by atoms with Crippen LogP contribution in [-0.4, -0.2) is 25.8 Å². The van der Waals surface area contributed by atoms with Gasteiger partial charge in [-0.05, 0) is 36.3 Å². The highest BCUT2D eigenvalue weighted by molar-refractivity contribution is 7.91. The average Bonchev–Trinajstić information content (AvgIpc) is 2.77. The summed E-state index contributed by atoms with van der Waals surface area (Å²) in [5, 5.41) is 3.00. The highest BCUT2D eigenvalue weighted by Gasteiger charge is 2.29. The third kappa shape index (κ3) is 4.06. The van der Waals surface area contributed by atoms with E-state index in [1.54, 1.807) is 0 Å². The maximum Gasteiger partial charge on any atom is 0.224 e. The second-order valence-corrected chi connectivity index (χ2v) is 7.91. The molecule has 116 valence electrons. The van der Waals surface area contributed by atoms with Gasteiger partial charge in [-0.25, -0.2) is 8.42 Å². The van der Waals surface area contributed by atoms with Crippen LogP contribution in [-0.2, 0) is 27.5 Å². The molecule has 1 aliphatic rings. The predicted octanol–water partition coefficient (Wildman–Crippen LogP) is 2.57. The highest BCUT2D eigenvalue weighted by atomic mass is 32.2. The van der Waals surface area contributed by atoms with Crippen molar-refractivity contribution in [1.29, 1.82) is 0 Å². The summed E-state index contributed by atoms with van der Waals surface area (Å²) in [4.78, 5) is 12.2. The number of carbonyl (C=O) groups is 1. The van der Waals surface area contributed by atoms with Gasteiger partial charge in [0.2, 0.25) is 5.91 Å². The summed E-state index contributed by atoms with van der Waals surface area (Å²) in [6.45, 7) is 4.13. The SMILES string of the molecule is CCc1cccc(CC)c1NC(=O)CC1CCS(=O)(=O)C1. The normalized spacial score (nSPS) is 20.4. The minimum atomic E-state index is -2.92. The molecule has 5 heteroatoms. The third-order valence-electron chi connectivity index (χ3n) is 4.06. The van der Waals surface area contributed by atoms with E-state index < -0.39 is 9.84 Å². The van der Waals surface area contributed by atoms with Crippen LogP contribution in [0.25, 0.3) is 0 Å². The minimum Gasteiger partial charge on any atom is -0.326 e. The van der Waals surface area contributed by atoms with Crippen molar-refractivity contribution in [1.82, 2.24) is 0 Å². The van der Waals surface area contributed by atoms with E-state index >= 15 is 0 Å². The molecule has 0 aliphatic carbocycles. The zero-order chi connectivity index (χ0) is 15.5. The Balaban J connectivity index is 2.06. The van der Waals surface area contributed by atoms with E-state index in [1.807, 2.05) is 18.2 Å². The molecule has 21 heavy (non-hydrogen) atoms. The molecule has 1 aromatic carbocycles. The second-order valence-electron chi connectivity index (χ2n) is 5.68. The number of amides is 1. The van der Waals surface area contributed by atoms with E-state index in [4.69, 9.17) is 0 Å². The Morgan fingerprint density at radius 3 is 2.33 bits per heavy atom. The van der Waals surface area contributed by atoms with E-state index in [2.05, 4.69) is 19.2 Å². The first-order valence-electron chi connectivity index (χ1n) is 7.56. The van der Waals surface area contributed by atoms with E-state index in [-0.39, 0.29) is 23.3 Å². The van der Waals surface area contributed by atoms with Crippen molar-refractivity contribution in [2.45, 2.75) is 39.5 Å². The number of nitrogens with one attached hydrogen (secondary N) is 1. The van der Waals surface area contributed by atoms with Crippen LogP contribution < -0.4 is 5.32 Å². The number of sulfone groups is 1. The van der Waals surface area contributed by atoms with Crippen molar-refractivity contribution in [2.24, 2.45) is 5.92 Å². The van der Waals surface area contributed by atoms with Gasteiger partial charge in [0.25, 0.3) is 0 Å². The molecule has 0 spiro atoms. The number of rotatable bonds is 5. The fourth-order valence-electron chi connectivity index (χ4n) is 2.89. The molecule has 1 heterocycles. The number of para-hydroxylation sites is 1.